The van der Waals surface area contributed by atoms with Crippen LogP contribution in [0.25, 0.3) is 0 Å². The van der Waals surface area contributed by atoms with Gasteiger partial charge in [0.25, 0.3) is 0 Å². The van der Waals surface area contributed by atoms with Crippen LogP contribution in [0.15, 0.2) is 53.4 Å². The Balaban J connectivity index is 1.33. The summed E-state index contributed by atoms with van der Waals surface area (Å²) in [4.78, 5) is 43.7. The summed E-state index contributed by atoms with van der Waals surface area (Å²) in [6.07, 6.45) is -5.12. The van der Waals surface area contributed by atoms with Crippen molar-refractivity contribution in [2.75, 3.05) is 32.7 Å². The molecule has 0 unspecified atom stereocenters. The van der Waals surface area contributed by atoms with Gasteiger partial charge in [-0.1, -0.05) is 24.3 Å². The van der Waals surface area contributed by atoms with Crippen molar-refractivity contribution in [1.29, 1.82) is 0 Å². The third-order valence-corrected chi connectivity index (χ3v) is 11.0. The molecule has 6 bridgehead atoms. The molecule has 0 saturated carbocycles. The molecule has 4 fully saturated rings. The summed E-state index contributed by atoms with van der Waals surface area (Å²) < 4.78 is 48.1. The molecule has 16 heteroatoms. The van der Waals surface area contributed by atoms with Crippen LogP contribution in [0.4, 0.5) is 4.39 Å². The van der Waals surface area contributed by atoms with Crippen LogP contribution in [-0.2, 0) is 35.7 Å². The van der Waals surface area contributed by atoms with E-state index in [0.717, 1.165) is 16.4 Å². The Morgan fingerprint density at radius 2 is 1.72 bits per heavy atom. The number of carbonyl (C=O) groups is 3. The highest BCUT2D eigenvalue weighted by Gasteiger charge is 2.48. The van der Waals surface area contributed by atoms with Gasteiger partial charge in [-0.2, -0.15) is 4.31 Å². The lowest BCUT2D eigenvalue weighted by Crippen LogP contribution is -2.63. The molecule has 248 valence electrons. The number of halogens is 1. The number of fused-ring (bicyclic) bond motifs is 6. The zero-order valence-corrected chi connectivity index (χ0v) is 25.6. The number of hydrogen-bond donors (Lipinski definition) is 5. The minimum Gasteiger partial charge on any atom is -0.508 e. The number of aromatic hydroxyl groups is 1. The number of likely N-dealkylation sites (tertiary alicyclic amines) is 1. The molecule has 0 aromatic heterocycles. The summed E-state index contributed by atoms with van der Waals surface area (Å²) in [5, 5.41) is 37.1. The predicted octanol–water partition coefficient (Wildman–Crippen LogP) is -1.50. The number of para-hydroxylation sites is 1. The molecular formula is C30H36FN5O9S. The molecule has 6 rings (SSSR count). The van der Waals surface area contributed by atoms with Gasteiger partial charge in [-0.05, 0) is 30.7 Å². The summed E-state index contributed by atoms with van der Waals surface area (Å²) in [7, 11) is -4.39. The van der Waals surface area contributed by atoms with Crippen LogP contribution in [0, 0.1) is 5.82 Å². The largest absolute Gasteiger partial charge is 0.508 e. The first-order valence-corrected chi connectivity index (χ1v) is 16.5. The summed E-state index contributed by atoms with van der Waals surface area (Å²) in [5.41, 5.74) is 0.559. The fraction of sp³-hybridized carbons (Fsp3) is 0.500. The normalized spacial score (nSPS) is 31.5. The quantitative estimate of drug-likeness (QED) is 0.258. The Hall–Kier alpha value is -3.67. The molecule has 2 aromatic carbocycles. The van der Waals surface area contributed by atoms with E-state index in [1.54, 1.807) is 18.2 Å². The molecule has 5 N–H and O–H groups in total. The third kappa shape index (κ3) is 6.32. The van der Waals surface area contributed by atoms with E-state index >= 15 is 0 Å². The third-order valence-electron chi connectivity index (χ3n) is 9.09. The van der Waals surface area contributed by atoms with Crippen molar-refractivity contribution in [2.24, 2.45) is 0 Å². The van der Waals surface area contributed by atoms with Crippen LogP contribution in [0.5, 0.6) is 5.75 Å². The van der Waals surface area contributed by atoms with Gasteiger partial charge in [0, 0.05) is 50.9 Å². The molecule has 4 heterocycles. The standard InChI is InChI=1S/C30H36FN5O9S/c31-18-5-3-6-20(10-18)46(43,44)36-9-8-34-16-22(36)29(41)32-13-25-28(40)27(39)24(45-25)12-26(38)33-19-11-21(30(34)42)35(15-19)14-17-4-1-2-7-23(17)37/h1-7,10,19,21-22,24-25,27-28,37,39-40H,8-9,11-16H2,(H,32,41)(H,33,38)/t19-,21-,22-,24-,25+,27-,28+/m0/s1. The minimum atomic E-state index is -4.39. The Morgan fingerprint density at radius 1 is 0.957 bits per heavy atom. The van der Waals surface area contributed by atoms with E-state index < -0.39 is 70.2 Å². The number of aliphatic hydroxyl groups excluding tert-OH is 2. The Labute approximate surface area is 264 Å². The molecule has 7 atom stereocenters. The number of sulfonamides is 1. The summed E-state index contributed by atoms with van der Waals surface area (Å²) in [5.74, 6) is -2.36. The van der Waals surface area contributed by atoms with Crippen molar-refractivity contribution in [1.82, 2.24) is 24.7 Å². The smallest absolute Gasteiger partial charge is 0.244 e. The highest BCUT2D eigenvalue weighted by Crippen LogP contribution is 2.30. The van der Waals surface area contributed by atoms with E-state index in [2.05, 4.69) is 10.6 Å². The van der Waals surface area contributed by atoms with E-state index in [4.69, 9.17) is 4.74 Å². The van der Waals surface area contributed by atoms with Crippen molar-refractivity contribution in [2.45, 2.75) is 66.8 Å². The Bertz CT molecular complexity index is 1610. The number of ether oxygens (including phenoxy) is 1. The van der Waals surface area contributed by atoms with Crippen molar-refractivity contribution >= 4 is 27.7 Å². The number of nitrogens with one attached hydrogen (secondary N) is 2. The highest BCUT2D eigenvalue weighted by atomic mass is 32.2. The lowest BCUT2D eigenvalue weighted by atomic mass is 10.0. The summed E-state index contributed by atoms with van der Waals surface area (Å²) >= 11 is 0. The van der Waals surface area contributed by atoms with Crippen molar-refractivity contribution in [3.8, 4) is 5.75 Å². The fourth-order valence-corrected chi connectivity index (χ4v) is 8.30. The van der Waals surface area contributed by atoms with Crippen LogP contribution in [-0.4, -0.2) is 131 Å². The zero-order valence-electron chi connectivity index (χ0n) is 24.7. The van der Waals surface area contributed by atoms with E-state index in [9.17, 15) is 42.5 Å². The molecular weight excluding hydrogens is 625 g/mol. The molecule has 4 saturated heterocycles. The van der Waals surface area contributed by atoms with Crippen molar-refractivity contribution in [3.05, 3.63) is 59.9 Å². The number of rotatable bonds is 4. The SMILES string of the molecule is O=C1C[C@@H]2O[C@H](CNC(=O)[C@@H]3CN(CCN3S(=O)(=O)c3cccc(F)c3)C(=O)[C@@H]3C[C@@H](CN3Cc3ccccc3O)N1)[C@@H](O)[C@H]2O. The first-order valence-electron chi connectivity index (χ1n) is 15.1. The van der Waals surface area contributed by atoms with E-state index in [1.165, 1.54) is 23.1 Å². The lowest BCUT2D eigenvalue weighted by molar-refractivity contribution is -0.140. The van der Waals surface area contributed by atoms with Gasteiger partial charge in [0.05, 0.1) is 23.5 Å². The molecule has 4 aliphatic rings. The number of phenols is 1. The maximum Gasteiger partial charge on any atom is 0.244 e. The molecule has 3 amide bonds. The van der Waals surface area contributed by atoms with Crippen LogP contribution in [0.2, 0.25) is 0 Å². The van der Waals surface area contributed by atoms with Gasteiger partial charge in [0.2, 0.25) is 27.7 Å². The average molecular weight is 662 g/mol. The van der Waals surface area contributed by atoms with Crippen molar-refractivity contribution < 1.29 is 47.2 Å². The first kappa shape index (κ1) is 32.3. The number of benzene rings is 2. The molecule has 0 aliphatic carbocycles. The monoisotopic (exact) mass is 661 g/mol. The topological polar surface area (TPSA) is 189 Å². The van der Waals surface area contributed by atoms with E-state index in [0.29, 0.717) is 5.56 Å². The molecule has 0 radical (unpaired) electrons. The predicted molar refractivity (Wildman–Crippen MR) is 158 cm³/mol. The molecule has 0 spiro atoms. The Kier molecular flexibility index (Phi) is 9.02. The Morgan fingerprint density at radius 3 is 2.48 bits per heavy atom. The second-order valence-corrected chi connectivity index (χ2v) is 14.0. The highest BCUT2D eigenvalue weighted by molar-refractivity contribution is 7.89. The van der Waals surface area contributed by atoms with E-state index in [-0.39, 0.29) is 68.7 Å². The molecule has 46 heavy (non-hydrogen) atoms. The fourth-order valence-electron chi connectivity index (χ4n) is 6.70. The lowest BCUT2D eigenvalue weighted by Gasteiger charge is -2.41. The molecule has 2 aromatic rings. The van der Waals surface area contributed by atoms with Gasteiger partial charge in [-0.15, -0.1) is 0 Å². The van der Waals surface area contributed by atoms with Gasteiger partial charge in [0.1, 0.15) is 35.9 Å². The van der Waals surface area contributed by atoms with Crippen LogP contribution in [0.1, 0.15) is 18.4 Å². The number of piperazine rings is 1. The van der Waals surface area contributed by atoms with Gasteiger partial charge in [0.15, 0.2) is 0 Å². The number of hydrogen-bond acceptors (Lipinski definition) is 10. The summed E-state index contributed by atoms with van der Waals surface area (Å²) in [6, 6.07) is 8.39. The van der Waals surface area contributed by atoms with Crippen LogP contribution >= 0.6 is 0 Å². The van der Waals surface area contributed by atoms with Crippen molar-refractivity contribution in [3.63, 3.8) is 0 Å². The van der Waals surface area contributed by atoms with E-state index in [1.807, 2.05) is 4.90 Å². The average Bonchev–Trinajstić information content (AvgIpc) is 3.54. The van der Waals surface area contributed by atoms with Gasteiger partial charge < -0.3 is 35.6 Å². The number of amides is 3. The van der Waals surface area contributed by atoms with Gasteiger partial charge in [-0.3, -0.25) is 19.3 Å². The number of phenolic OH excluding ortho intramolecular Hbond substituents is 1. The van der Waals surface area contributed by atoms with Crippen LogP contribution < -0.4 is 10.6 Å². The van der Waals surface area contributed by atoms with Gasteiger partial charge >= 0.3 is 0 Å². The molecule has 14 nitrogen and oxygen atoms in total. The molecule has 4 aliphatic heterocycles. The zero-order chi connectivity index (χ0) is 32.7. The minimum absolute atomic E-state index is 0.0352. The summed E-state index contributed by atoms with van der Waals surface area (Å²) in [6.45, 7) is -0.547. The number of carbonyl (C=O) groups excluding carboxylic acids is 3. The van der Waals surface area contributed by atoms with Gasteiger partial charge in [-0.25, -0.2) is 12.8 Å². The number of nitrogens with zero attached hydrogens (tertiary/aromatic N) is 3. The van der Waals surface area contributed by atoms with Crippen LogP contribution in [0.3, 0.4) is 0 Å². The second-order valence-electron chi connectivity index (χ2n) is 12.1. The maximum absolute atomic E-state index is 14.1. The second kappa shape index (κ2) is 12.8. The first-order chi connectivity index (χ1) is 21.9. The number of aliphatic hydroxyl groups is 2. The maximum atomic E-state index is 14.1.